The van der Waals surface area contributed by atoms with Gasteiger partial charge in [-0.1, -0.05) is 6.07 Å². The smallest absolute Gasteiger partial charge is 0.337 e. The summed E-state index contributed by atoms with van der Waals surface area (Å²) in [7, 11) is 2.04. The predicted molar refractivity (Wildman–Crippen MR) is 75.2 cm³/mol. The lowest BCUT2D eigenvalue weighted by Gasteiger charge is -2.15. The first-order chi connectivity index (χ1) is 9.58. The molecule has 20 heavy (non-hydrogen) atoms. The van der Waals surface area contributed by atoms with Gasteiger partial charge in [0.2, 0.25) is 0 Å². The van der Waals surface area contributed by atoms with E-state index in [-0.39, 0.29) is 11.3 Å². The number of fused-ring (bicyclic) bond motifs is 1. The summed E-state index contributed by atoms with van der Waals surface area (Å²) < 4.78 is 1.53. The maximum Gasteiger partial charge on any atom is 0.337 e. The average Bonchev–Trinajstić information content (AvgIpc) is 3.19. The third-order valence-electron chi connectivity index (χ3n) is 3.87. The number of carboxylic acid groups (broad SMARTS) is 1. The van der Waals surface area contributed by atoms with Crippen molar-refractivity contribution in [1.82, 2.24) is 14.5 Å². The second kappa shape index (κ2) is 4.79. The first-order valence-electron chi connectivity index (χ1n) is 6.73. The molecule has 1 saturated carbocycles. The Morgan fingerprint density at radius 3 is 2.90 bits per heavy atom. The largest absolute Gasteiger partial charge is 0.478 e. The number of nitrogens with zero attached hydrogens (tertiary/aromatic N) is 2. The fraction of sp³-hybridized carbons (Fsp3) is 0.429. The number of hydrogen-bond acceptors (Lipinski definition) is 3. The standard InChI is InChI=1S/C14H17N3O3/c1-16(9-5-6-9)7-8-17-12-10(13(18)19)3-2-4-11(12)15-14(17)20/h2-4,9H,5-8H2,1H3,(H,15,20)(H,18,19). The third-order valence-corrected chi connectivity index (χ3v) is 3.87. The zero-order valence-corrected chi connectivity index (χ0v) is 11.3. The Hall–Kier alpha value is -2.08. The summed E-state index contributed by atoms with van der Waals surface area (Å²) in [5.41, 5.74) is 0.964. The molecule has 0 atom stereocenters. The fourth-order valence-electron chi connectivity index (χ4n) is 2.56. The summed E-state index contributed by atoms with van der Waals surface area (Å²) in [5.74, 6) is -1.01. The molecule has 0 aliphatic heterocycles. The highest BCUT2D eigenvalue weighted by atomic mass is 16.4. The molecule has 3 rings (SSSR count). The Kier molecular flexibility index (Phi) is 3.10. The number of para-hydroxylation sites is 1. The number of benzene rings is 1. The third kappa shape index (κ3) is 2.22. The monoisotopic (exact) mass is 275 g/mol. The molecule has 1 aliphatic rings. The molecule has 0 bridgehead atoms. The first-order valence-corrected chi connectivity index (χ1v) is 6.73. The molecule has 6 nitrogen and oxygen atoms in total. The number of aromatic amines is 1. The van der Waals surface area contributed by atoms with Gasteiger partial charge in [-0.05, 0) is 32.0 Å². The highest BCUT2D eigenvalue weighted by molar-refractivity contribution is 6.01. The molecule has 2 aromatic rings. The van der Waals surface area contributed by atoms with Crippen LogP contribution in [0.3, 0.4) is 0 Å². The summed E-state index contributed by atoms with van der Waals surface area (Å²) in [5, 5.41) is 9.25. The Morgan fingerprint density at radius 1 is 1.50 bits per heavy atom. The van der Waals surface area contributed by atoms with Gasteiger partial charge in [-0.15, -0.1) is 0 Å². The topological polar surface area (TPSA) is 78.3 Å². The van der Waals surface area contributed by atoms with E-state index in [1.165, 1.54) is 23.5 Å². The zero-order chi connectivity index (χ0) is 14.3. The number of imidazole rings is 1. The normalized spacial score (nSPS) is 15.1. The van der Waals surface area contributed by atoms with Crippen molar-refractivity contribution in [2.24, 2.45) is 0 Å². The number of rotatable bonds is 5. The Bertz CT molecular complexity index is 712. The van der Waals surface area contributed by atoms with E-state index in [2.05, 4.69) is 9.88 Å². The SMILES string of the molecule is CN(CCn1c(=O)[nH]c2cccc(C(=O)O)c21)C1CC1. The van der Waals surface area contributed by atoms with Crippen LogP contribution in [0.15, 0.2) is 23.0 Å². The van der Waals surface area contributed by atoms with Crippen LogP contribution in [0.25, 0.3) is 11.0 Å². The molecule has 106 valence electrons. The maximum absolute atomic E-state index is 12.0. The van der Waals surface area contributed by atoms with Crippen molar-refractivity contribution >= 4 is 17.0 Å². The van der Waals surface area contributed by atoms with Crippen LogP contribution in [0.4, 0.5) is 0 Å². The molecular weight excluding hydrogens is 258 g/mol. The summed E-state index contributed by atoms with van der Waals surface area (Å²) in [6.45, 7) is 1.24. The quantitative estimate of drug-likeness (QED) is 0.857. The lowest BCUT2D eigenvalue weighted by molar-refractivity contribution is 0.0698. The number of carboxylic acids is 1. The molecule has 0 amide bonds. The summed E-state index contributed by atoms with van der Waals surface area (Å²) in [6.07, 6.45) is 2.42. The molecule has 1 aliphatic carbocycles. The van der Waals surface area contributed by atoms with Crippen LogP contribution in [0.1, 0.15) is 23.2 Å². The van der Waals surface area contributed by atoms with Gasteiger partial charge < -0.3 is 15.0 Å². The van der Waals surface area contributed by atoms with Crippen molar-refractivity contribution < 1.29 is 9.90 Å². The Morgan fingerprint density at radius 2 is 2.25 bits per heavy atom. The van der Waals surface area contributed by atoms with Gasteiger partial charge in [-0.25, -0.2) is 9.59 Å². The van der Waals surface area contributed by atoms with E-state index in [4.69, 9.17) is 0 Å². The highest BCUT2D eigenvalue weighted by Gasteiger charge is 2.26. The summed E-state index contributed by atoms with van der Waals surface area (Å²) in [4.78, 5) is 28.2. The Labute approximate surface area is 115 Å². The molecule has 2 N–H and O–H groups in total. The maximum atomic E-state index is 12.0. The molecule has 6 heteroatoms. The van der Waals surface area contributed by atoms with Crippen LogP contribution in [-0.4, -0.2) is 45.2 Å². The number of aromatic carboxylic acids is 1. The van der Waals surface area contributed by atoms with E-state index in [0.29, 0.717) is 23.6 Å². The minimum Gasteiger partial charge on any atom is -0.478 e. The minimum absolute atomic E-state index is 0.162. The first kappa shape index (κ1) is 12.9. The van der Waals surface area contributed by atoms with Crippen LogP contribution in [0, 0.1) is 0 Å². The van der Waals surface area contributed by atoms with Crippen molar-refractivity contribution in [3.63, 3.8) is 0 Å². The number of aromatic nitrogens is 2. The van der Waals surface area contributed by atoms with Crippen molar-refractivity contribution in [1.29, 1.82) is 0 Å². The number of nitrogens with one attached hydrogen (secondary N) is 1. The second-order valence-electron chi connectivity index (χ2n) is 5.30. The molecule has 1 aromatic carbocycles. The molecule has 1 fully saturated rings. The number of likely N-dealkylation sites (N-methyl/N-ethyl adjacent to an activating group) is 1. The molecule has 0 spiro atoms. The van der Waals surface area contributed by atoms with E-state index in [1.54, 1.807) is 12.1 Å². The van der Waals surface area contributed by atoms with Gasteiger partial charge in [0.15, 0.2) is 0 Å². The molecule has 0 saturated heterocycles. The van der Waals surface area contributed by atoms with Crippen LogP contribution < -0.4 is 5.69 Å². The van der Waals surface area contributed by atoms with Gasteiger partial charge in [0.25, 0.3) is 0 Å². The van der Waals surface area contributed by atoms with E-state index in [9.17, 15) is 14.7 Å². The van der Waals surface area contributed by atoms with Crippen molar-refractivity contribution in [2.45, 2.75) is 25.4 Å². The fourth-order valence-corrected chi connectivity index (χ4v) is 2.56. The zero-order valence-electron chi connectivity index (χ0n) is 11.3. The second-order valence-corrected chi connectivity index (χ2v) is 5.30. The molecule has 0 unspecified atom stereocenters. The van der Waals surface area contributed by atoms with Gasteiger partial charge in [0.05, 0.1) is 16.6 Å². The van der Waals surface area contributed by atoms with Crippen molar-refractivity contribution in [3.8, 4) is 0 Å². The van der Waals surface area contributed by atoms with Gasteiger partial charge in [0.1, 0.15) is 0 Å². The predicted octanol–water partition coefficient (Wildman–Crippen LogP) is 1.12. The highest BCUT2D eigenvalue weighted by Crippen LogP contribution is 2.25. The molecule has 1 aromatic heterocycles. The van der Waals surface area contributed by atoms with E-state index < -0.39 is 5.97 Å². The van der Waals surface area contributed by atoms with Crippen molar-refractivity contribution in [3.05, 3.63) is 34.2 Å². The molecule has 1 heterocycles. The lowest BCUT2D eigenvalue weighted by atomic mass is 10.2. The van der Waals surface area contributed by atoms with Gasteiger partial charge >= 0.3 is 11.7 Å². The van der Waals surface area contributed by atoms with Crippen LogP contribution in [-0.2, 0) is 6.54 Å². The molecule has 0 radical (unpaired) electrons. The number of H-pyrrole nitrogens is 1. The van der Waals surface area contributed by atoms with E-state index in [1.807, 2.05) is 7.05 Å². The van der Waals surface area contributed by atoms with Crippen LogP contribution in [0.2, 0.25) is 0 Å². The van der Waals surface area contributed by atoms with E-state index >= 15 is 0 Å². The van der Waals surface area contributed by atoms with Gasteiger partial charge in [-0.2, -0.15) is 0 Å². The van der Waals surface area contributed by atoms with E-state index in [0.717, 1.165) is 6.54 Å². The summed E-state index contributed by atoms with van der Waals surface area (Å²) in [6, 6.07) is 5.51. The Balaban J connectivity index is 1.98. The van der Waals surface area contributed by atoms with Crippen LogP contribution >= 0.6 is 0 Å². The minimum atomic E-state index is -1.01. The van der Waals surface area contributed by atoms with Gasteiger partial charge in [0, 0.05) is 19.1 Å². The van der Waals surface area contributed by atoms with Crippen molar-refractivity contribution in [2.75, 3.05) is 13.6 Å². The molecular formula is C14H17N3O3. The van der Waals surface area contributed by atoms with Gasteiger partial charge in [-0.3, -0.25) is 4.57 Å². The number of hydrogen-bond donors (Lipinski definition) is 2. The summed E-state index contributed by atoms with van der Waals surface area (Å²) >= 11 is 0. The van der Waals surface area contributed by atoms with Crippen LogP contribution in [0.5, 0.6) is 0 Å². The number of carbonyl (C=O) groups is 1. The lowest BCUT2D eigenvalue weighted by Crippen LogP contribution is -2.29. The average molecular weight is 275 g/mol.